The van der Waals surface area contributed by atoms with Crippen LogP contribution < -0.4 is 5.56 Å². The van der Waals surface area contributed by atoms with E-state index in [-0.39, 0.29) is 17.3 Å². The van der Waals surface area contributed by atoms with Gasteiger partial charge in [-0.05, 0) is 18.1 Å². The van der Waals surface area contributed by atoms with Crippen LogP contribution in [0.3, 0.4) is 0 Å². The standard InChI is InChI=1S/C23H20N2O3S2/c1-2-28-19(26)15-30-23-24-21-20(18(14-29-21)17-11-7-4-8-12-17)22(27)25(23)13-16-9-5-3-6-10-16/h3-12,14H,2,13,15H2,1H3. The SMILES string of the molecule is CCOC(=O)CSc1nc2scc(-c3ccccc3)c2c(=O)n1Cc1ccccc1. The zero-order valence-corrected chi connectivity index (χ0v) is 18.0. The van der Waals surface area contributed by atoms with Gasteiger partial charge in [-0.1, -0.05) is 72.4 Å². The Bertz CT molecular complexity index is 1220. The lowest BCUT2D eigenvalue weighted by molar-refractivity contribution is -0.139. The van der Waals surface area contributed by atoms with Crippen LogP contribution in [-0.2, 0) is 16.1 Å². The van der Waals surface area contributed by atoms with Crippen LogP contribution in [0.25, 0.3) is 21.3 Å². The van der Waals surface area contributed by atoms with Crippen molar-refractivity contribution >= 4 is 39.3 Å². The Morgan fingerprint density at radius 3 is 2.50 bits per heavy atom. The van der Waals surface area contributed by atoms with E-state index in [1.165, 1.54) is 23.1 Å². The van der Waals surface area contributed by atoms with Gasteiger partial charge in [0.05, 0.1) is 24.3 Å². The number of hydrogen-bond donors (Lipinski definition) is 0. The van der Waals surface area contributed by atoms with Crippen molar-refractivity contribution in [3.63, 3.8) is 0 Å². The maximum atomic E-state index is 13.6. The fourth-order valence-electron chi connectivity index (χ4n) is 3.18. The highest BCUT2D eigenvalue weighted by atomic mass is 32.2. The minimum Gasteiger partial charge on any atom is -0.465 e. The van der Waals surface area contributed by atoms with E-state index in [4.69, 9.17) is 9.72 Å². The summed E-state index contributed by atoms with van der Waals surface area (Å²) < 4.78 is 6.68. The molecule has 0 bridgehead atoms. The molecule has 7 heteroatoms. The number of ether oxygens (including phenoxy) is 1. The average molecular weight is 437 g/mol. The number of thiophene rings is 1. The monoisotopic (exact) mass is 436 g/mol. The van der Waals surface area contributed by atoms with E-state index in [0.717, 1.165) is 16.7 Å². The molecule has 0 atom stereocenters. The molecule has 2 aromatic heterocycles. The number of fused-ring (bicyclic) bond motifs is 1. The summed E-state index contributed by atoms with van der Waals surface area (Å²) in [4.78, 5) is 30.9. The lowest BCUT2D eigenvalue weighted by Crippen LogP contribution is -2.24. The van der Waals surface area contributed by atoms with E-state index in [1.807, 2.05) is 66.0 Å². The first-order valence-electron chi connectivity index (χ1n) is 9.57. The molecule has 0 amide bonds. The smallest absolute Gasteiger partial charge is 0.316 e. The predicted octanol–water partition coefficient (Wildman–Crippen LogP) is 4.83. The van der Waals surface area contributed by atoms with Crippen LogP contribution in [-0.4, -0.2) is 27.9 Å². The molecule has 0 saturated carbocycles. The quantitative estimate of drug-likeness (QED) is 0.236. The van der Waals surface area contributed by atoms with Crippen LogP contribution in [0, 0.1) is 0 Å². The Morgan fingerprint density at radius 2 is 1.80 bits per heavy atom. The van der Waals surface area contributed by atoms with Crippen LogP contribution in [0.2, 0.25) is 0 Å². The molecule has 152 valence electrons. The van der Waals surface area contributed by atoms with Crippen LogP contribution in [0.5, 0.6) is 0 Å². The first kappa shape index (κ1) is 20.4. The Kier molecular flexibility index (Phi) is 6.30. The van der Waals surface area contributed by atoms with Crippen LogP contribution in [0.1, 0.15) is 12.5 Å². The molecule has 0 fully saturated rings. The lowest BCUT2D eigenvalue weighted by Gasteiger charge is -2.12. The highest BCUT2D eigenvalue weighted by molar-refractivity contribution is 7.99. The van der Waals surface area contributed by atoms with Crippen LogP contribution in [0.4, 0.5) is 0 Å². The average Bonchev–Trinajstić information content (AvgIpc) is 3.20. The van der Waals surface area contributed by atoms with Gasteiger partial charge in [-0.25, -0.2) is 4.98 Å². The molecule has 30 heavy (non-hydrogen) atoms. The Morgan fingerprint density at radius 1 is 1.10 bits per heavy atom. The molecule has 0 spiro atoms. The summed E-state index contributed by atoms with van der Waals surface area (Å²) in [6.07, 6.45) is 0. The molecule has 0 aliphatic heterocycles. The molecular weight excluding hydrogens is 416 g/mol. The first-order chi connectivity index (χ1) is 14.7. The second-order valence-electron chi connectivity index (χ2n) is 6.56. The highest BCUT2D eigenvalue weighted by Gasteiger charge is 2.18. The van der Waals surface area contributed by atoms with Gasteiger partial charge in [0, 0.05) is 10.9 Å². The fourth-order valence-corrected chi connectivity index (χ4v) is 4.96. The molecular formula is C23H20N2O3S2. The molecule has 0 saturated heterocycles. The number of hydrogen-bond acceptors (Lipinski definition) is 6. The van der Waals surface area contributed by atoms with E-state index in [9.17, 15) is 9.59 Å². The molecule has 2 heterocycles. The summed E-state index contributed by atoms with van der Waals surface area (Å²) in [6.45, 7) is 2.49. The van der Waals surface area contributed by atoms with Gasteiger partial charge in [-0.3, -0.25) is 14.2 Å². The summed E-state index contributed by atoms with van der Waals surface area (Å²) in [5.41, 5.74) is 2.77. The van der Waals surface area contributed by atoms with E-state index in [2.05, 4.69) is 0 Å². The topological polar surface area (TPSA) is 61.2 Å². The first-order valence-corrected chi connectivity index (χ1v) is 11.4. The largest absolute Gasteiger partial charge is 0.465 e. The van der Waals surface area contributed by atoms with Crippen molar-refractivity contribution in [2.75, 3.05) is 12.4 Å². The third kappa shape index (κ3) is 4.32. The highest BCUT2D eigenvalue weighted by Crippen LogP contribution is 2.32. The second-order valence-corrected chi connectivity index (χ2v) is 8.36. The maximum Gasteiger partial charge on any atom is 0.316 e. The van der Waals surface area contributed by atoms with Gasteiger partial charge in [0.15, 0.2) is 5.16 Å². The molecule has 0 aliphatic rings. The van der Waals surface area contributed by atoms with Gasteiger partial charge in [0.2, 0.25) is 0 Å². The molecule has 0 aliphatic carbocycles. The maximum absolute atomic E-state index is 13.6. The number of rotatable bonds is 7. The number of aromatic nitrogens is 2. The third-order valence-electron chi connectivity index (χ3n) is 4.55. The Labute approximate surface area is 182 Å². The van der Waals surface area contributed by atoms with Crippen molar-refractivity contribution < 1.29 is 9.53 Å². The zero-order valence-electron chi connectivity index (χ0n) is 16.4. The lowest BCUT2D eigenvalue weighted by atomic mass is 10.1. The van der Waals surface area contributed by atoms with Gasteiger partial charge in [0.25, 0.3) is 5.56 Å². The fraction of sp³-hybridized carbons (Fsp3) is 0.174. The minimum absolute atomic E-state index is 0.102. The molecule has 4 aromatic rings. The van der Waals surface area contributed by atoms with Gasteiger partial charge in [-0.2, -0.15) is 0 Å². The molecule has 5 nitrogen and oxygen atoms in total. The number of carbonyl (C=O) groups excluding carboxylic acids is 1. The van der Waals surface area contributed by atoms with E-state index < -0.39 is 0 Å². The summed E-state index contributed by atoms with van der Waals surface area (Å²) in [6, 6.07) is 19.6. The molecule has 0 radical (unpaired) electrons. The van der Waals surface area contributed by atoms with Crippen molar-refractivity contribution in [2.24, 2.45) is 0 Å². The van der Waals surface area contributed by atoms with E-state index in [0.29, 0.717) is 28.5 Å². The summed E-state index contributed by atoms with van der Waals surface area (Å²) in [5.74, 6) is -0.212. The van der Waals surface area contributed by atoms with Gasteiger partial charge < -0.3 is 4.74 Å². The predicted molar refractivity (Wildman–Crippen MR) is 122 cm³/mol. The number of nitrogens with zero attached hydrogens (tertiary/aromatic N) is 2. The van der Waals surface area contributed by atoms with Gasteiger partial charge in [0.1, 0.15) is 4.83 Å². The van der Waals surface area contributed by atoms with Crippen LogP contribution >= 0.6 is 23.1 Å². The molecule has 4 rings (SSSR count). The third-order valence-corrected chi connectivity index (χ3v) is 6.37. The summed E-state index contributed by atoms with van der Waals surface area (Å²) in [5, 5.41) is 3.11. The number of thioether (sulfide) groups is 1. The van der Waals surface area contributed by atoms with Crippen molar-refractivity contribution in [2.45, 2.75) is 18.6 Å². The van der Waals surface area contributed by atoms with Crippen molar-refractivity contribution in [3.8, 4) is 11.1 Å². The zero-order chi connectivity index (χ0) is 20.9. The van der Waals surface area contributed by atoms with Crippen molar-refractivity contribution in [1.29, 1.82) is 0 Å². The minimum atomic E-state index is -0.320. The van der Waals surface area contributed by atoms with Crippen molar-refractivity contribution in [1.82, 2.24) is 9.55 Å². The molecule has 2 aromatic carbocycles. The van der Waals surface area contributed by atoms with Gasteiger partial charge in [-0.15, -0.1) is 11.3 Å². The number of carbonyl (C=O) groups is 1. The Hall–Kier alpha value is -2.90. The molecule has 0 unspecified atom stereocenters. The number of benzene rings is 2. The normalized spacial score (nSPS) is 11.0. The van der Waals surface area contributed by atoms with Crippen LogP contribution in [0.15, 0.2) is 76.0 Å². The number of esters is 1. The second kappa shape index (κ2) is 9.28. The van der Waals surface area contributed by atoms with Gasteiger partial charge >= 0.3 is 5.97 Å². The Balaban J connectivity index is 1.82. The summed E-state index contributed by atoms with van der Waals surface area (Å²) >= 11 is 2.68. The van der Waals surface area contributed by atoms with E-state index in [1.54, 1.807) is 11.5 Å². The van der Waals surface area contributed by atoms with Crippen molar-refractivity contribution in [3.05, 3.63) is 82.0 Å². The summed E-state index contributed by atoms with van der Waals surface area (Å²) in [7, 11) is 0. The molecule has 0 N–H and O–H groups in total. The van der Waals surface area contributed by atoms with E-state index >= 15 is 0 Å².